The number of rotatable bonds is 12. The van der Waals surface area contributed by atoms with E-state index >= 15 is 0 Å². The van der Waals surface area contributed by atoms with E-state index < -0.39 is 0 Å². The minimum atomic E-state index is 1.06. The van der Waals surface area contributed by atoms with Crippen LogP contribution in [0.3, 0.4) is 0 Å². The van der Waals surface area contributed by atoms with E-state index in [0.717, 1.165) is 39.3 Å². The molecular formula is C12H30N4S3. The number of hydrogen-bond acceptors (Lipinski definition) is 7. The van der Waals surface area contributed by atoms with E-state index in [4.69, 9.17) is 0 Å². The van der Waals surface area contributed by atoms with Crippen LogP contribution in [0.1, 0.15) is 41.5 Å². The molecule has 0 radical (unpaired) electrons. The molecule has 0 saturated carbocycles. The highest BCUT2D eigenvalue weighted by Gasteiger charge is 2.18. The van der Waals surface area contributed by atoms with Crippen LogP contribution < -0.4 is 0 Å². The van der Waals surface area contributed by atoms with Crippen molar-refractivity contribution in [3.63, 3.8) is 0 Å². The number of nitrogens with zero attached hydrogens (tertiary/aromatic N) is 4. The van der Waals surface area contributed by atoms with Crippen LogP contribution in [-0.2, 0) is 0 Å². The predicted molar refractivity (Wildman–Crippen MR) is 93.4 cm³/mol. The van der Waals surface area contributed by atoms with Gasteiger partial charge in [0.25, 0.3) is 0 Å². The standard InChI is InChI=1S/C12H30N4S3/c1-7-13(8-2)17-16(18-14(9-3)10-4)19-15(11-5)12-6/h7-12H2,1-6H3. The highest BCUT2D eigenvalue weighted by atomic mass is 32.3. The molecule has 0 atom stereocenters. The smallest absolute Gasteiger partial charge is 0.0338 e. The van der Waals surface area contributed by atoms with Crippen LogP contribution >= 0.6 is 36.4 Å². The second-order valence-corrected chi connectivity index (χ2v) is 7.64. The molecule has 0 saturated heterocycles. The van der Waals surface area contributed by atoms with Crippen molar-refractivity contribution in [1.82, 2.24) is 16.0 Å². The van der Waals surface area contributed by atoms with E-state index in [1.54, 1.807) is 0 Å². The van der Waals surface area contributed by atoms with Gasteiger partial charge in [-0.2, -0.15) is 0 Å². The molecule has 0 aliphatic rings. The first-order valence-electron chi connectivity index (χ1n) is 7.24. The average Bonchev–Trinajstić information content (AvgIpc) is 2.46. The van der Waals surface area contributed by atoms with Crippen molar-refractivity contribution >= 4 is 36.4 Å². The van der Waals surface area contributed by atoms with Gasteiger partial charge in [-0.25, -0.2) is 12.9 Å². The summed E-state index contributed by atoms with van der Waals surface area (Å²) in [6, 6.07) is 0. The van der Waals surface area contributed by atoms with Gasteiger partial charge in [0.05, 0.1) is 0 Å². The second-order valence-electron chi connectivity index (χ2n) is 3.81. The zero-order valence-corrected chi connectivity index (χ0v) is 15.7. The summed E-state index contributed by atoms with van der Waals surface area (Å²) in [4.78, 5) is 0. The van der Waals surface area contributed by atoms with Crippen LogP contribution in [0, 0.1) is 0 Å². The molecule has 7 heteroatoms. The first kappa shape index (κ1) is 19.9. The maximum atomic E-state index is 2.37. The summed E-state index contributed by atoms with van der Waals surface area (Å²) in [5, 5.41) is 0. The SMILES string of the molecule is CCN(CC)SN(SN(CC)CC)SN(CC)CC. The Kier molecular flexibility index (Phi) is 13.2. The van der Waals surface area contributed by atoms with E-state index in [0.29, 0.717) is 0 Å². The molecule has 0 heterocycles. The Morgan fingerprint density at radius 1 is 0.474 bits per heavy atom. The van der Waals surface area contributed by atoms with Crippen molar-refractivity contribution in [2.24, 2.45) is 0 Å². The lowest BCUT2D eigenvalue weighted by molar-refractivity contribution is 0.497. The highest BCUT2D eigenvalue weighted by molar-refractivity contribution is 8.23. The Hall–Kier alpha value is 0.890. The summed E-state index contributed by atoms with van der Waals surface area (Å²) < 4.78 is 9.42. The van der Waals surface area contributed by atoms with E-state index in [1.165, 1.54) is 0 Å². The Morgan fingerprint density at radius 3 is 0.842 bits per heavy atom. The van der Waals surface area contributed by atoms with E-state index in [2.05, 4.69) is 57.6 Å². The van der Waals surface area contributed by atoms with Crippen LogP contribution in [0.5, 0.6) is 0 Å². The molecule has 0 N–H and O–H groups in total. The van der Waals surface area contributed by atoms with E-state index in [1.807, 2.05) is 36.4 Å². The molecular weight excluding hydrogens is 296 g/mol. The van der Waals surface area contributed by atoms with Crippen molar-refractivity contribution in [2.45, 2.75) is 41.5 Å². The molecule has 19 heavy (non-hydrogen) atoms. The van der Waals surface area contributed by atoms with Gasteiger partial charge in [0, 0.05) is 75.7 Å². The number of hydrogen-bond donors (Lipinski definition) is 0. The van der Waals surface area contributed by atoms with Crippen LogP contribution in [0.4, 0.5) is 0 Å². The summed E-state index contributed by atoms with van der Waals surface area (Å²) in [6.07, 6.45) is 0. The van der Waals surface area contributed by atoms with Crippen molar-refractivity contribution in [1.29, 1.82) is 0 Å². The highest BCUT2D eigenvalue weighted by Crippen LogP contribution is 2.36. The minimum Gasteiger partial charge on any atom is -0.236 e. The Bertz CT molecular complexity index is 164. The molecule has 0 rings (SSSR count). The van der Waals surface area contributed by atoms with Crippen LogP contribution in [0.25, 0.3) is 0 Å². The second kappa shape index (κ2) is 12.6. The van der Waals surface area contributed by atoms with Gasteiger partial charge in [0.15, 0.2) is 0 Å². The first-order chi connectivity index (χ1) is 9.14. The maximum absolute atomic E-state index is 2.37. The zero-order valence-electron chi connectivity index (χ0n) is 13.3. The molecule has 0 aromatic carbocycles. The monoisotopic (exact) mass is 326 g/mol. The summed E-state index contributed by atoms with van der Waals surface area (Å²) in [5.41, 5.74) is 0. The fourth-order valence-electron chi connectivity index (χ4n) is 1.34. The first-order valence-corrected chi connectivity index (χ1v) is 9.43. The van der Waals surface area contributed by atoms with Gasteiger partial charge < -0.3 is 0 Å². The predicted octanol–water partition coefficient (Wildman–Crippen LogP) is 4.00. The van der Waals surface area contributed by atoms with Crippen LogP contribution in [0.2, 0.25) is 0 Å². The topological polar surface area (TPSA) is 13.0 Å². The van der Waals surface area contributed by atoms with Crippen LogP contribution in [0.15, 0.2) is 0 Å². The lowest BCUT2D eigenvalue weighted by Crippen LogP contribution is -2.26. The molecule has 0 aliphatic carbocycles. The van der Waals surface area contributed by atoms with E-state index in [-0.39, 0.29) is 0 Å². The van der Waals surface area contributed by atoms with Crippen molar-refractivity contribution in [3.8, 4) is 0 Å². The molecule has 0 amide bonds. The molecule has 116 valence electrons. The van der Waals surface area contributed by atoms with Crippen molar-refractivity contribution in [2.75, 3.05) is 39.3 Å². The van der Waals surface area contributed by atoms with Crippen molar-refractivity contribution in [3.05, 3.63) is 0 Å². The Balaban J connectivity index is 4.51. The lowest BCUT2D eigenvalue weighted by atomic mass is 10.7. The average molecular weight is 327 g/mol. The van der Waals surface area contributed by atoms with Crippen molar-refractivity contribution < 1.29 is 0 Å². The molecule has 0 fully saturated rings. The van der Waals surface area contributed by atoms with E-state index in [9.17, 15) is 0 Å². The summed E-state index contributed by atoms with van der Waals surface area (Å²) >= 11 is 5.45. The minimum absolute atomic E-state index is 1.06. The molecule has 0 spiro atoms. The normalized spacial score (nSPS) is 12.3. The molecule has 0 aromatic heterocycles. The van der Waals surface area contributed by atoms with Gasteiger partial charge in [0.1, 0.15) is 0 Å². The summed E-state index contributed by atoms with van der Waals surface area (Å²) in [6.45, 7) is 19.6. The van der Waals surface area contributed by atoms with Gasteiger partial charge >= 0.3 is 0 Å². The summed E-state index contributed by atoms with van der Waals surface area (Å²) in [5.74, 6) is 0. The van der Waals surface area contributed by atoms with Gasteiger partial charge in [-0.3, -0.25) is 0 Å². The molecule has 0 bridgehead atoms. The fourth-order valence-corrected chi connectivity index (χ4v) is 4.66. The Morgan fingerprint density at radius 2 is 0.684 bits per heavy atom. The maximum Gasteiger partial charge on any atom is 0.0338 e. The van der Waals surface area contributed by atoms with Gasteiger partial charge in [-0.15, -0.1) is 0 Å². The third kappa shape index (κ3) is 8.70. The van der Waals surface area contributed by atoms with Gasteiger partial charge in [-0.05, 0) is 0 Å². The quantitative estimate of drug-likeness (QED) is 0.496. The zero-order chi connectivity index (χ0) is 14.7. The molecule has 4 nitrogen and oxygen atoms in total. The van der Waals surface area contributed by atoms with Crippen LogP contribution in [-0.4, -0.2) is 55.3 Å². The third-order valence-corrected chi connectivity index (χ3v) is 6.50. The van der Waals surface area contributed by atoms with Gasteiger partial charge in [0.2, 0.25) is 0 Å². The fraction of sp³-hybridized carbons (Fsp3) is 1.00. The third-order valence-electron chi connectivity index (χ3n) is 2.66. The summed E-state index contributed by atoms with van der Waals surface area (Å²) in [7, 11) is 0. The largest absolute Gasteiger partial charge is 0.236 e. The van der Waals surface area contributed by atoms with Gasteiger partial charge in [-0.1, -0.05) is 44.7 Å². The molecule has 0 unspecified atom stereocenters. The molecule has 0 aromatic rings. The molecule has 0 aliphatic heterocycles. The Labute approximate surface area is 133 Å². The lowest BCUT2D eigenvalue weighted by Gasteiger charge is -2.31.